The van der Waals surface area contributed by atoms with Crippen LogP contribution >= 0.6 is 0 Å². The lowest BCUT2D eigenvalue weighted by Gasteiger charge is -2.02. The number of hydrogen-bond donors (Lipinski definition) is 1. The highest BCUT2D eigenvalue weighted by molar-refractivity contribution is 5.67. The summed E-state index contributed by atoms with van der Waals surface area (Å²) in [4.78, 5) is 0. The first-order valence-electron chi connectivity index (χ1n) is 4.23. The third kappa shape index (κ3) is 3.11. The zero-order valence-corrected chi connectivity index (χ0v) is 7.48. The minimum Gasteiger partial charge on any atom is -0.411 e. The predicted molar refractivity (Wildman–Crippen MR) is 55.0 cm³/mol. The summed E-state index contributed by atoms with van der Waals surface area (Å²) >= 11 is 0. The molecule has 2 heteroatoms. The fourth-order valence-corrected chi connectivity index (χ4v) is 1.11. The molecule has 0 amide bonds. The number of oxime groups is 1. The van der Waals surface area contributed by atoms with E-state index >= 15 is 0 Å². The molecule has 2 nitrogen and oxygen atoms in total. The minimum atomic E-state index is 0.726. The van der Waals surface area contributed by atoms with Gasteiger partial charge >= 0.3 is 0 Å². The van der Waals surface area contributed by atoms with E-state index < -0.39 is 0 Å². The number of nitrogens with zero attached hydrogens (tertiary/aromatic N) is 1. The molecule has 0 atom stereocenters. The fourth-order valence-electron chi connectivity index (χ4n) is 1.11. The Hall–Kier alpha value is -1.57. The molecule has 0 heterocycles. The zero-order valence-electron chi connectivity index (χ0n) is 7.48. The molecule has 0 radical (unpaired) electrons. The average Bonchev–Trinajstić information content (AvgIpc) is 2.19. The first-order chi connectivity index (χ1) is 6.34. The number of rotatable bonds is 4. The molecule has 0 aliphatic rings. The van der Waals surface area contributed by atoms with Crippen LogP contribution in [0.2, 0.25) is 0 Å². The lowest BCUT2D eigenvalue weighted by atomic mass is 10.0. The van der Waals surface area contributed by atoms with Gasteiger partial charge < -0.3 is 5.21 Å². The van der Waals surface area contributed by atoms with Crippen molar-refractivity contribution in [2.24, 2.45) is 5.16 Å². The highest BCUT2D eigenvalue weighted by Crippen LogP contribution is 2.16. The highest BCUT2D eigenvalue weighted by atomic mass is 16.4. The Bertz CT molecular complexity index is 290. The quantitative estimate of drug-likeness (QED) is 0.426. The first-order valence-corrected chi connectivity index (χ1v) is 4.23. The van der Waals surface area contributed by atoms with Crippen LogP contribution in [0.15, 0.2) is 42.1 Å². The van der Waals surface area contributed by atoms with Gasteiger partial charge in [-0.05, 0) is 24.0 Å². The van der Waals surface area contributed by atoms with Gasteiger partial charge in [0.05, 0.1) is 0 Å². The second-order valence-corrected chi connectivity index (χ2v) is 2.81. The summed E-state index contributed by atoms with van der Waals surface area (Å²) in [6, 6.07) is 10.0. The Labute approximate surface area is 78.2 Å². The summed E-state index contributed by atoms with van der Waals surface area (Å²) in [5.74, 6) is 0. The van der Waals surface area contributed by atoms with Gasteiger partial charge in [-0.3, -0.25) is 0 Å². The van der Waals surface area contributed by atoms with E-state index in [1.165, 1.54) is 6.21 Å². The molecule has 0 aliphatic carbocycles. The fraction of sp³-hybridized carbons (Fsp3) is 0.182. The van der Waals surface area contributed by atoms with Crippen LogP contribution in [0, 0.1) is 0 Å². The molecule has 0 aromatic heterocycles. The third-order valence-corrected chi connectivity index (χ3v) is 1.84. The van der Waals surface area contributed by atoms with Crippen molar-refractivity contribution in [2.75, 3.05) is 0 Å². The summed E-state index contributed by atoms with van der Waals surface area (Å²) in [5.41, 5.74) is 2.22. The zero-order chi connectivity index (χ0) is 9.52. The standard InChI is InChI=1S/C11H13NO/c1-10(6-5-9-12-13)11-7-3-2-4-8-11/h2-4,7-9,13H,1,5-6H2. The molecule has 1 rings (SSSR count). The van der Waals surface area contributed by atoms with E-state index in [1.807, 2.05) is 30.3 Å². The van der Waals surface area contributed by atoms with Crippen LogP contribution in [0.1, 0.15) is 18.4 Å². The van der Waals surface area contributed by atoms with Crippen molar-refractivity contribution in [1.29, 1.82) is 0 Å². The third-order valence-electron chi connectivity index (χ3n) is 1.84. The molecule has 1 aromatic carbocycles. The van der Waals surface area contributed by atoms with E-state index in [0.29, 0.717) is 0 Å². The van der Waals surface area contributed by atoms with Crippen molar-refractivity contribution >= 4 is 11.8 Å². The minimum absolute atomic E-state index is 0.726. The van der Waals surface area contributed by atoms with Gasteiger partial charge in [-0.15, -0.1) is 5.16 Å². The maximum Gasteiger partial charge on any atom is 0.0439 e. The second kappa shape index (κ2) is 5.14. The van der Waals surface area contributed by atoms with E-state index in [2.05, 4.69) is 11.7 Å². The Balaban J connectivity index is 2.49. The van der Waals surface area contributed by atoms with Crippen molar-refractivity contribution in [3.8, 4) is 0 Å². The molecule has 0 saturated heterocycles. The van der Waals surface area contributed by atoms with Crippen LogP contribution in [0.5, 0.6) is 0 Å². The molecule has 13 heavy (non-hydrogen) atoms. The summed E-state index contributed by atoms with van der Waals surface area (Å²) in [5, 5.41) is 11.1. The van der Waals surface area contributed by atoms with Crippen molar-refractivity contribution in [1.82, 2.24) is 0 Å². The van der Waals surface area contributed by atoms with Crippen molar-refractivity contribution in [3.63, 3.8) is 0 Å². The van der Waals surface area contributed by atoms with Gasteiger partial charge in [0.15, 0.2) is 0 Å². The Morgan fingerprint density at radius 1 is 1.38 bits per heavy atom. The number of allylic oxidation sites excluding steroid dienone is 1. The molecule has 1 aromatic rings. The highest BCUT2D eigenvalue weighted by Gasteiger charge is 1.95. The molecule has 0 unspecified atom stereocenters. The normalized spacial score (nSPS) is 10.5. The topological polar surface area (TPSA) is 32.6 Å². The monoisotopic (exact) mass is 175 g/mol. The van der Waals surface area contributed by atoms with E-state index in [1.54, 1.807) is 0 Å². The maximum atomic E-state index is 8.19. The van der Waals surface area contributed by atoms with E-state index in [9.17, 15) is 0 Å². The van der Waals surface area contributed by atoms with Crippen LogP contribution in [0.25, 0.3) is 5.57 Å². The lowest BCUT2D eigenvalue weighted by Crippen LogP contribution is -1.83. The van der Waals surface area contributed by atoms with Gasteiger partial charge in [0.1, 0.15) is 0 Å². The van der Waals surface area contributed by atoms with Crippen molar-refractivity contribution < 1.29 is 5.21 Å². The Kier molecular flexibility index (Phi) is 3.76. The molecule has 0 spiro atoms. The summed E-state index contributed by atoms with van der Waals surface area (Å²) in [7, 11) is 0. The maximum absolute atomic E-state index is 8.19. The molecule has 0 saturated carbocycles. The van der Waals surface area contributed by atoms with Gasteiger partial charge in [0, 0.05) is 6.21 Å². The molecule has 0 fully saturated rings. The van der Waals surface area contributed by atoms with Crippen LogP contribution in [0.4, 0.5) is 0 Å². The molecular weight excluding hydrogens is 162 g/mol. The van der Waals surface area contributed by atoms with Gasteiger partial charge in [-0.25, -0.2) is 0 Å². The number of benzene rings is 1. The SMILES string of the molecule is C=C(CCC=NO)c1ccccc1. The Morgan fingerprint density at radius 3 is 2.69 bits per heavy atom. The van der Waals surface area contributed by atoms with Crippen LogP contribution in [0.3, 0.4) is 0 Å². The van der Waals surface area contributed by atoms with Crippen molar-refractivity contribution in [3.05, 3.63) is 42.5 Å². The van der Waals surface area contributed by atoms with Crippen LogP contribution in [-0.4, -0.2) is 11.4 Å². The second-order valence-electron chi connectivity index (χ2n) is 2.81. The molecule has 0 bridgehead atoms. The smallest absolute Gasteiger partial charge is 0.0439 e. The van der Waals surface area contributed by atoms with Gasteiger partial charge in [-0.2, -0.15) is 0 Å². The molecule has 1 N–H and O–H groups in total. The first kappa shape index (κ1) is 9.52. The van der Waals surface area contributed by atoms with Crippen molar-refractivity contribution in [2.45, 2.75) is 12.8 Å². The van der Waals surface area contributed by atoms with E-state index in [-0.39, 0.29) is 0 Å². The summed E-state index contributed by atoms with van der Waals surface area (Å²) < 4.78 is 0. The van der Waals surface area contributed by atoms with Gasteiger partial charge in [0.2, 0.25) is 0 Å². The number of hydrogen-bond acceptors (Lipinski definition) is 2. The molecular formula is C11H13NO. The van der Waals surface area contributed by atoms with Crippen LogP contribution < -0.4 is 0 Å². The van der Waals surface area contributed by atoms with E-state index in [0.717, 1.165) is 24.0 Å². The predicted octanol–water partition coefficient (Wildman–Crippen LogP) is 2.94. The van der Waals surface area contributed by atoms with Crippen LogP contribution in [-0.2, 0) is 0 Å². The lowest BCUT2D eigenvalue weighted by molar-refractivity contribution is 0.320. The molecule has 68 valence electrons. The van der Waals surface area contributed by atoms with E-state index in [4.69, 9.17) is 5.21 Å². The summed E-state index contributed by atoms with van der Waals surface area (Å²) in [6.45, 7) is 3.95. The Morgan fingerprint density at radius 2 is 2.08 bits per heavy atom. The van der Waals surface area contributed by atoms with Gasteiger partial charge in [0.25, 0.3) is 0 Å². The largest absolute Gasteiger partial charge is 0.411 e. The summed E-state index contributed by atoms with van der Waals surface area (Å²) in [6.07, 6.45) is 3.03. The average molecular weight is 175 g/mol. The molecule has 0 aliphatic heterocycles. The van der Waals surface area contributed by atoms with Gasteiger partial charge in [-0.1, -0.05) is 36.9 Å².